The van der Waals surface area contributed by atoms with Gasteiger partial charge in [-0.3, -0.25) is 15.1 Å². The molecule has 88 valence electrons. The summed E-state index contributed by atoms with van der Waals surface area (Å²) < 4.78 is 0. The van der Waals surface area contributed by atoms with Crippen LogP contribution in [0.1, 0.15) is 27.2 Å². The van der Waals surface area contributed by atoms with Crippen molar-refractivity contribution in [1.82, 2.24) is 4.98 Å². The predicted molar refractivity (Wildman–Crippen MR) is 63.4 cm³/mol. The Bertz CT molecular complexity index is 366. The molecule has 1 rings (SSSR count). The van der Waals surface area contributed by atoms with E-state index < -0.39 is 4.92 Å². The zero-order valence-electron chi connectivity index (χ0n) is 9.80. The summed E-state index contributed by atoms with van der Waals surface area (Å²) in [6.45, 7) is 6.24. The molecular weight excluding hydrogens is 206 g/mol. The van der Waals surface area contributed by atoms with Gasteiger partial charge in [0.25, 0.3) is 0 Å². The molecule has 0 saturated heterocycles. The summed E-state index contributed by atoms with van der Waals surface area (Å²) in [4.78, 5) is 14.1. The Morgan fingerprint density at radius 1 is 1.56 bits per heavy atom. The fourth-order valence-corrected chi connectivity index (χ4v) is 1.59. The first-order valence-electron chi connectivity index (χ1n) is 5.41. The molecule has 16 heavy (non-hydrogen) atoms. The van der Waals surface area contributed by atoms with Crippen LogP contribution in [0.4, 0.5) is 11.4 Å². The van der Waals surface area contributed by atoms with Crippen molar-refractivity contribution in [2.24, 2.45) is 5.92 Å². The predicted octanol–water partition coefficient (Wildman–Crippen LogP) is 2.84. The molecule has 0 spiro atoms. The standard InChI is InChI=1S/C11H17N3O2/c1-4-9(8(2)3)13-10-5-6-12-7-11(10)14(15)16/h5-9H,4H2,1-3H3,(H,12,13). The molecule has 0 aliphatic heterocycles. The van der Waals surface area contributed by atoms with Gasteiger partial charge in [-0.1, -0.05) is 20.8 Å². The minimum atomic E-state index is -0.414. The van der Waals surface area contributed by atoms with Gasteiger partial charge >= 0.3 is 5.69 Å². The van der Waals surface area contributed by atoms with Gasteiger partial charge in [0.2, 0.25) is 0 Å². The second-order valence-corrected chi connectivity index (χ2v) is 4.05. The highest BCUT2D eigenvalue weighted by atomic mass is 16.6. The fourth-order valence-electron chi connectivity index (χ4n) is 1.59. The second-order valence-electron chi connectivity index (χ2n) is 4.05. The maximum absolute atomic E-state index is 10.8. The Kier molecular flexibility index (Phi) is 4.22. The molecule has 0 bridgehead atoms. The van der Waals surface area contributed by atoms with Gasteiger partial charge in [-0.2, -0.15) is 0 Å². The summed E-state index contributed by atoms with van der Waals surface area (Å²) in [5.74, 6) is 0.428. The van der Waals surface area contributed by atoms with Crippen LogP contribution in [0.3, 0.4) is 0 Å². The minimum absolute atomic E-state index is 0.0293. The molecule has 1 aromatic rings. The SMILES string of the molecule is CCC(Nc1ccncc1[N+](=O)[O-])C(C)C. The molecule has 1 heterocycles. The quantitative estimate of drug-likeness (QED) is 0.615. The van der Waals surface area contributed by atoms with E-state index in [0.717, 1.165) is 6.42 Å². The molecule has 0 fully saturated rings. The highest BCUT2D eigenvalue weighted by Gasteiger charge is 2.17. The zero-order chi connectivity index (χ0) is 12.1. The molecule has 5 heteroatoms. The number of rotatable bonds is 5. The molecule has 0 saturated carbocycles. The lowest BCUT2D eigenvalue weighted by Gasteiger charge is -2.21. The lowest BCUT2D eigenvalue weighted by Crippen LogP contribution is -2.25. The third-order valence-electron chi connectivity index (χ3n) is 2.58. The largest absolute Gasteiger partial charge is 0.376 e. The fraction of sp³-hybridized carbons (Fsp3) is 0.545. The molecule has 1 unspecified atom stereocenters. The van der Waals surface area contributed by atoms with Gasteiger partial charge < -0.3 is 5.32 Å². The molecule has 1 N–H and O–H groups in total. The Balaban J connectivity index is 2.91. The van der Waals surface area contributed by atoms with E-state index in [4.69, 9.17) is 0 Å². The van der Waals surface area contributed by atoms with E-state index in [1.54, 1.807) is 12.3 Å². The number of nitrogens with zero attached hydrogens (tertiary/aromatic N) is 2. The first kappa shape index (κ1) is 12.4. The molecule has 5 nitrogen and oxygen atoms in total. The van der Waals surface area contributed by atoms with Gasteiger partial charge in [-0.15, -0.1) is 0 Å². The van der Waals surface area contributed by atoms with Crippen molar-refractivity contribution in [3.05, 3.63) is 28.6 Å². The van der Waals surface area contributed by atoms with Gasteiger partial charge in [0, 0.05) is 12.2 Å². The first-order chi connectivity index (χ1) is 7.56. The molecule has 0 aromatic carbocycles. The van der Waals surface area contributed by atoms with Crippen LogP contribution in [0.5, 0.6) is 0 Å². The van der Waals surface area contributed by atoms with Crippen LogP contribution in [-0.2, 0) is 0 Å². The number of nitrogens with one attached hydrogen (secondary N) is 1. The van der Waals surface area contributed by atoms with Gasteiger partial charge in [-0.05, 0) is 18.4 Å². The second kappa shape index (κ2) is 5.44. The van der Waals surface area contributed by atoms with Crippen molar-refractivity contribution < 1.29 is 4.92 Å². The lowest BCUT2D eigenvalue weighted by atomic mass is 10.0. The van der Waals surface area contributed by atoms with Crippen molar-refractivity contribution in [2.75, 3.05) is 5.32 Å². The molecule has 0 aliphatic rings. The average Bonchev–Trinajstić information content (AvgIpc) is 2.25. The van der Waals surface area contributed by atoms with Gasteiger partial charge in [-0.25, -0.2) is 0 Å². The van der Waals surface area contributed by atoms with Crippen LogP contribution in [0, 0.1) is 16.0 Å². The number of hydrogen-bond donors (Lipinski definition) is 1. The first-order valence-corrected chi connectivity index (χ1v) is 5.41. The number of aromatic nitrogens is 1. The zero-order valence-corrected chi connectivity index (χ0v) is 9.80. The van der Waals surface area contributed by atoms with Gasteiger partial charge in [0.05, 0.1) is 4.92 Å². The minimum Gasteiger partial charge on any atom is -0.376 e. The summed E-state index contributed by atoms with van der Waals surface area (Å²) >= 11 is 0. The van der Waals surface area contributed by atoms with E-state index in [9.17, 15) is 10.1 Å². The third-order valence-corrected chi connectivity index (χ3v) is 2.58. The van der Waals surface area contributed by atoms with Gasteiger partial charge in [0.1, 0.15) is 11.9 Å². The Labute approximate surface area is 95.0 Å². The smallest absolute Gasteiger partial charge is 0.310 e. The van der Waals surface area contributed by atoms with Crippen LogP contribution in [0.25, 0.3) is 0 Å². The molecule has 1 atom stereocenters. The highest BCUT2D eigenvalue weighted by molar-refractivity contribution is 5.60. The summed E-state index contributed by atoms with van der Waals surface area (Å²) in [5, 5.41) is 14.0. The Morgan fingerprint density at radius 2 is 2.25 bits per heavy atom. The topological polar surface area (TPSA) is 68.1 Å². The van der Waals surface area contributed by atoms with E-state index in [2.05, 4.69) is 31.1 Å². The maximum atomic E-state index is 10.8. The number of hydrogen-bond acceptors (Lipinski definition) is 4. The number of nitro groups is 1. The molecular formula is C11H17N3O2. The molecule has 1 aromatic heterocycles. The van der Waals surface area contributed by atoms with Crippen molar-refractivity contribution in [3.8, 4) is 0 Å². The maximum Gasteiger partial charge on any atom is 0.310 e. The molecule has 0 radical (unpaired) electrons. The van der Waals surface area contributed by atoms with Gasteiger partial charge in [0.15, 0.2) is 0 Å². The van der Waals surface area contributed by atoms with Crippen LogP contribution < -0.4 is 5.32 Å². The number of anilines is 1. The van der Waals surface area contributed by atoms with Crippen molar-refractivity contribution in [3.63, 3.8) is 0 Å². The third kappa shape index (κ3) is 2.92. The van der Waals surface area contributed by atoms with Crippen LogP contribution in [-0.4, -0.2) is 15.9 Å². The van der Waals surface area contributed by atoms with Crippen molar-refractivity contribution in [2.45, 2.75) is 33.2 Å². The van der Waals surface area contributed by atoms with E-state index in [-0.39, 0.29) is 11.7 Å². The number of pyridine rings is 1. The lowest BCUT2D eigenvalue weighted by molar-refractivity contribution is -0.384. The van der Waals surface area contributed by atoms with Crippen LogP contribution >= 0.6 is 0 Å². The van der Waals surface area contributed by atoms with E-state index in [1.165, 1.54) is 6.20 Å². The normalized spacial score (nSPS) is 12.5. The summed E-state index contributed by atoms with van der Waals surface area (Å²) in [6.07, 6.45) is 3.76. The van der Waals surface area contributed by atoms with E-state index in [1.807, 2.05) is 0 Å². The Hall–Kier alpha value is -1.65. The monoisotopic (exact) mass is 223 g/mol. The summed E-state index contributed by atoms with van der Waals surface area (Å²) in [5.41, 5.74) is 0.571. The van der Waals surface area contributed by atoms with Crippen molar-refractivity contribution >= 4 is 11.4 Å². The molecule has 0 amide bonds. The van der Waals surface area contributed by atoms with Crippen LogP contribution in [0.2, 0.25) is 0 Å². The van der Waals surface area contributed by atoms with Crippen molar-refractivity contribution in [1.29, 1.82) is 0 Å². The molecule has 0 aliphatic carbocycles. The Morgan fingerprint density at radius 3 is 2.75 bits per heavy atom. The van der Waals surface area contributed by atoms with Crippen LogP contribution in [0.15, 0.2) is 18.5 Å². The average molecular weight is 223 g/mol. The highest BCUT2D eigenvalue weighted by Crippen LogP contribution is 2.24. The van der Waals surface area contributed by atoms with E-state index >= 15 is 0 Å². The van der Waals surface area contributed by atoms with E-state index in [0.29, 0.717) is 11.6 Å². The summed E-state index contributed by atoms with van der Waals surface area (Å²) in [7, 11) is 0. The summed E-state index contributed by atoms with van der Waals surface area (Å²) in [6, 6.07) is 1.88.